The van der Waals surface area contributed by atoms with Crippen molar-refractivity contribution in [2.45, 2.75) is 31.2 Å². The minimum absolute atomic E-state index is 0.00106. The number of rotatable bonds is 4. The molecule has 2 fully saturated rings. The third kappa shape index (κ3) is 3.37. The maximum Gasteiger partial charge on any atom is 0.287 e. The molecule has 3 aliphatic rings. The SMILES string of the molecule is Cn1c(C(=O)NCC2CC2)nc2c(N3CCC4(CC3)Nc3ccccc3NC4=O)ncnc21. The van der Waals surface area contributed by atoms with Gasteiger partial charge in [-0.25, -0.2) is 15.0 Å². The molecule has 10 heteroatoms. The second-order valence-corrected chi connectivity index (χ2v) is 9.21. The smallest absolute Gasteiger partial charge is 0.287 e. The fourth-order valence-electron chi connectivity index (χ4n) is 4.77. The van der Waals surface area contributed by atoms with Gasteiger partial charge in [0.05, 0.1) is 11.4 Å². The molecule has 3 N–H and O–H groups in total. The fourth-order valence-corrected chi connectivity index (χ4v) is 4.77. The quantitative estimate of drug-likeness (QED) is 0.560. The lowest BCUT2D eigenvalue weighted by Gasteiger charge is -2.44. The van der Waals surface area contributed by atoms with Crippen LogP contribution in [0.3, 0.4) is 0 Å². The van der Waals surface area contributed by atoms with Gasteiger partial charge < -0.3 is 25.4 Å². The molecule has 1 aliphatic carbocycles. The first-order chi connectivity index (χ1) is 16.0. The number of aromatic nitrogens is 4. The van der Waals surface area contributed by atoms with E-state index in [1.807, 2.05) is 24.3 Å². The van der Waals surface area contributed by atoms with Crippen molar-refractivity contribution >= 4 is 40.2 Å². The number of hydrogen-bond acceptors (Lipinski definition) is 7. The van der Waals surface area contributed by atoms with Crippen LogP contribution in [0.1, 0.15) is 36.3 Å². The Hall–Kier alpha value is -3.69. The maximum atomic E-state index is 12.9. The van der Waals surface area contributed by atoms with E-state index in [0.29, 0.717) is 61.2 Å². The number of benzene rings is 1. The number of nitrogens with zero attached hydrogens (tertiary/aromatic N) is 5. The van der Waals surface area contributed by atoms with Crippen LogP contribution in [0.5, 0.6) is 0 Å². The number of nitrogens with one attached hydrogen (secondary N) is 3. The molecule has 2 aliphatic heterocycles. The summed E-state index contributed by atoms with van der Waals surface area (Å²) in [6.45, 7) is 1.95. The van der Waals surface area contributed by atoms with Crippen molar-refractivity contribution in [2.75, 3.05) is 35.2 Å². The number of fused-ring (bicyclic) bond motifs is 2. The number of imidazole rings is 1. The molecule has 2 amide bonds. The molecule has 2 aromatic heterocycles. The molecule has 3 aromatic rings. The molecular weight excluding hydrogens is 420 g/mol. The number of para-hydroxylation sites is 2. The van der Waals surface area contributed by atoms with E-state index in [0.717, 1.165) is 11.4 Å². The molecule has 0 bridgehead atoms. The molecule has 33 heavy (non-hydrogen) atoms. The molecular formula is C23H26N8O2. The second-order valence-electron chi connectivity index (χ2n) is 9.21. The van der Waals surface area contributed by atoms with Crippen LogP contribution in [0.15, 0.2) is 30.6 Å². The standard InChI is InChI=1S/C23H26N8O2/c1-30-18-17(28-20(30)21(32)24-12-14-6-7-14)19(26-13-25-18)31-10-8-23(9-11-31)22(33)27-15-4-2-3-5-16(15)29-23/h2-5,13-14,29H,6-12H2,1H3,(H,24,32)(H,27,33). The second kappa shape index (κ2) is 7.43. The Bertz CT molecular complexity index is 1260. The normalized spacial score (nSPS) is 19.2. The third-order valence-electron chi connectivity index (χ3n) is 6.99. The van der Waals surface area contributed by atoms with Crippen LogP contribution < -0.4 is 20.9 Å². The molecule has 0 atom stereocenters. The van der Waals surface area contributed by atoms with Gasteiger partial charge in [-0.2, -0.15) is 0 Å². The van der Waals surface area contributed by atoms with Crippen LogP contribution >= 0.6 is 0 Å². The van der Waals surface area contributed by atoms with E-state index in [2.05, 4.69) is 35.8 Å². The van der Waals surface area contributed by atoms with Gasteiger partial charge in [-0.05, 0) is 43.7 Å². The first-order valence-electron chi connectivity index (χ1n) is 11.4. The van der Waals surface area contributed by atoms with Gasteiger partial charge in [0.25, 0.3) is 5.91 Å². The lowest BCUT2D eigenvalue weighted by molar-refractivity contribution is -0.121. The summed E-state index contributed by atoms with van der Waals surface area (Å²) in [7, 11) is 1.80. The fraction of sp³-hybridized carbons (Fsp3) is 0.435. The van der Waals surface area contributed by atoms with E-state index in [1.165, 1.54) is 19.2 Å². The van der Waals surface area contributed by atoms with Crippen LogP contribution in [0.25, 0.3) is 11.2 Å². The summed E-state index contributed by atoms with van der Waals surface area (Å²) < 4.78 is 1.72. The zero-order valence-corrected chi connectivity index (χ0v) is 18.5. The number of amides is 2. The maximum absolute atomic E-state index is 12.9. The van der Waals surface area contributed by atoms with Crippen LogP contribution in [0.2, 0.25) is 0 Å². The minimum Gasteiger partial charge on any atom is -0.369 e. The largest absolute Gasteiger partial charge is 0.369 e. The first kappa shape index (κ1) is 20.0. The lowest BCUT2D eigenvalue weighted by atomic mass is 9.84. The summed E-state index contributed by atoms with van der Waals surface area (Å²) in [6.07, 6.45) is 5.11. The van der Waals surface area contributed by atoms with Crippen molar-refractivity contribution in [2.24, 2.45) is 13.0 Å². The third-order valence-corrected chi connectivity index (χ3v) is 6.99. The molecule has 0 radical (unpaired) electrons. The Balaban J connectivity index is 1.24. The van der Waals surface area contributed by atoms with Crippen molar-refractivity contribution in [3.63, 3.8) is 0 Å². The monoisotopic (exact) mass is 446 g/mol. The lowest BCUT2D eigenvalue weighted by Crippen LogP contribution is -2.58. The van der Waals surface area contributed by atoms with Crippen LogP contribution in [-0.4, -0.2) is 56.5 Å². The van der Waals surface area contributed by atoms with E-state index >= 15 is 0 Å². The predicted molar refractivity (Wildman–Crippen MR) is 124 cm³/mol. The van der Waals surface area contributed by atoms with E-state index in [-0.39, 0.29) is 11.8 Å². The number of carbonyl (C=O) groups excluding carboxylic acids is 2. The number of piperidine rings is 1. The number of anilines is 3. The number of aryl methyl sites for hydroxylation is 1. The Kier molecular flexibility index (Phi) is 4.49. The molecule has 1 saturated heterocycles. The molecule has 1 saturated carbocycles. The zero-order valence-electron chi connectivity index (χ0n) is 18.5. The van der Waals surface area contributed by atoms with Gasteiger partial charge in [-0.1, -0.05) is 12.1 Å². The minimum atomic E-state index is -0.644. The van der Waals surface area contributed by atoms with Crippen molar-refractivity contribution < 1.29 is 9.59 Å². The molecule has 0 unspecified atom stereocenters. The number of hydrogen-bond donors (Lipinski definition) is 3. The van der Waals surface area contributed by atoms with E-state index < -0.39 is 5.54 Å². The Morgan fingerprint density at radius 3 is 2.70 bits per heavy atom. The zero-order chi connectivity index (χ0) is 22.6. The van der Waals surface area contributed by atoms with Crippen molar-refractivity contribution in [3.8, 4) is 0 Å². The van der Waals surface area contributed by atoms with Gasteiger partial charge in [0.2, 0.25) is 11.7 Å². The molecule has 1 aromatic carbocycles. The highest BCUT2D eigenvalue weighted by molar-refractivity contribution is 6.06. The summed E-state index contributed by atoms with van der Waals surface area (Å²) in [5.41, 5.74) is 2.35. The molecule has 4 heterocycles. The molecule has 10 nitrogen and oxygen atoms in total. The van der Waals surface area contributed by atoms with Gasteiger partial charge in [-0.15, -0.1) is 0 Å². The van der Waals surface area contributed by atoms with E-state index in [4.69, 9.17) is 0 Å². The summed E-state index contributed by atoms with van der Waals surface area (Å²) in [5, 5.41) is 9.51. The Morgan fingerprint density at radius 1 is 1.18 bits per heavy atom. The Morgan fingerprint density at radius 2 is 1.94 bits per heavy atom. The molecule has 1 spiro atoms. The highest BCUT2D eigenvalue weighted by atomic mass is 16.2. The average molecular weight is 447 g/mol. The topological polar surface area (TPSA) is 117 Å². The van der Waals surface area contributed by atoms with Gasteiger partial charge in [-0.3, -0.25) is 9.59 Å². The van der Waals surface area contributed by atoms with Crippen molar-refractivity contribution in [1.29, 1.82) is 0 Å². The van der Waals surface area contributed by atoms with Gasteiger partial charge >= 0.3 is 0 Å². The highest BCUT2D eigenvalue weighted by Crippen LogP contribution is 2.37. The highest BCUT2D eigenvalue weighted by Gasteiger charge is 2.44. The predicted octanol–water partition coefficient (Wildman–Crippen LogP) is 1.91. The summed E-state index contributed by atoms with van der Waals surface area (Å²) in [6, 6.07) is 7.76. The Labute approximate surface area is 190 Å². The molecule has 6 rings (SSSR count). The number of carbonyl (C=O) groups is 2. The average Bonchev–Trinajstić information content (AvgIpc) is 3.60. The van der Waals surface area contributed by atoms with E-state index in [1.54, 1.807) is 11.6 Å². The van der Waals surface area contributed by atoms with Crippen LogP contribution in [0.4, 0.5) is 17.2 Å². The van der Waals surface area contributed by atoms with Gasteiger partial charge in [0.15, 0.2) is 17.0 Å². The van der Waals surface area contributed by atoms with Crippen molar-refractivity contribution in [3.05, 3.63) is 36.4 Å². The van der Waals surface area contributed by atoms with Gasteiger partial charge in [0, 0.05) is 26.7 Å². The summed E-state index contributed by atoms with van der Waals surface area (Å²) >= 11 is 0. The summed E-state index contributed by atoms with van der Waals surface area (Å²) in [4.78, 5) is 41.3. The molecule has 170 valence electrons. The first-order valence-corrected chi connectivity index (χ1v) is 11.4. The summed E-state index contributed by atoms with van der Waals surface area (Å²) in [5.74, 6) is 1.44. The van der Waals surface area contributed by atoms with Crippen LogP contribution in [0, 0.1) is 5.92 Å². The van der Waals surface area contributed by atoms with Crippen molar-refractivity contribution in [1.82, 2.24) is 24.8 Å². The van der Waals surface area contributed by atoms with Crippen LogP contribution in [-0.2, 0) is 11.8 Å². The van der Waals surface area contributed by atoms with Gasteiger partial charge in [0.1, 0.15) is 11.9 Å². The van der Waals surface area contributed by atoms with E-state index in [9.17, 15) is 9.59 Å².